The Labute approximate surface area is 188 Å². The predicted molar refractivity (Wildman–Crippen MR) is 123 cm³/mol. The first-order valence-electron chi connectivity index (χ1n) is 10.7. The molecule has 1 unspecified atom stereocenters. The van der Waals surface area contributed by atoms with Crippen molar-refractivity contribution in [3.8, 4) is 0 Å². The Bertz CT molecular complexity index is 1000. The number of nitrogens with one attached hydrogen (secondary N) is 1. The number of likely N-dealkylation sites (tertiary alicyclic amines) is 1. The number of hydrogen-bond acceptors (Lipinski definition) is 4. The highest BCUT2D eigenvalue weighted by molar-refractivity contribution is 6.30. The Morgan fingerprint density at radius 2 is 1.87 bits per heavy atom. The molecule has 5 nitrogen and oxygen atoms in total. The molecule has 2 heterocycles. The molecule has 3 aromatic rings. The first kappa shape index (κ1) is 21.5. The van der Waals surface area contributed by atoms with Gasteiger partial charge in [0, 0.05) is 29.9 Å². The van der Waals surface area contributed by atoms with Crippen LogP contribution in [0, 0.1) is 12.8 Å². The molecular weight excluding hydrogens is 408 g/mol. The highest BCUT2D eigenvalue weighted by Crippen LogP contribution is 2.26. The first-order chi connectivity index (χ1) is 15.1. The van der Waals surface area contributed by atoms with Gasteiger partial charge in [-0.1, -0.05) is 48.0 Å². The van der Waals surface area contributed by atoms with Crippen LogP contribution in [0.25, 0.3) is 0 Å². The molecule has 6 heteroatoms. The van der Waals surface area contributed by atoms with Gasteiger partial charge in [0.2, 0.25) is 5.91 Å². The van der Waals surface area contributed by atoms with Gasteiger partial charge in [-0.3, -0.25) is 19.7 Å². The molecular formula is C25H27ClN4O. The Kier molecular flexibility index (Phi) is 6.95. The Morgan fingerprint density at radius 1 is 1.13 bits per heavy atom. The van der Waals surface area contributed by atoms with Crippen LogP contribution in [-0.4, -0.2) is 33.9 Å². The summed E-state index contributed by atoms with van der Waals surface area (Å²) in [5.41, 5.74) is 4.17. The van der Waals surface area contributed by atoms with Crippen molar-refractivity contribution in [3.63, 3.8) is 0 Å². The molecule has 1 amide bonds. The maximum Gasteiger partial charge on any atom is 0.224 e. The van der Waals surface area contributed by atoms with Gasteiger partial charge in [0.05, 0.1) is 17.9 Å². The van der Waals surface area contributed by atoms with Crippen LogP contribution < -0.4 is 5.32 Å². The normalized spacial score (nSPS) is 16.1. The number of amides is 1. The van der Waals surface area contributed by atoms with E-state index in [4.69, 9.17) is 11.6 Å². The van der Waals surface area contributed by atoms with Crippen LogP contribution >= 0.6 is 11.6 Å². The zero-order valence-corrected chi connectivity index (χ0v) is 18.4. The summed E-state index contributed by atoms with van der Waals surface area (Å²) in [5.74, 6) is 0.0923. The quantitative estimate of drug-likeness (QED) is 0.618. The van der Waals surface area contributed by atoms with Gasteiger partial charge in [-0.25, -0.2) is 0 Å². The second-order valence-electron chi connectivity index (χ2n) is 8.11. The summed E-state index contributed by atoms with van der Waals surface area (Å²) >= 11 is 5.98. The summed E-state index contributed by atoms with van der Waals surface area (Å²) in [6.07, 6.45) is 6.74. The molecule has 0 saturated carbocycles. The van der Waals surface area contributed by atoms with Crippen LogP contribution in [0.5, 0.6) is 0 Å². The fraction of sp³-hybridized carbons (Fsp3) is 0.320. The summed E-state index contributed by atoms with van der Waals surface area (Å²) in [4.78, 5) is 24.2. The van der Waals surface area contributed by atoms with Crippen molar-refractivity contribution in [2.75, 3.05) is 13.1 Å². The molecule has 1 saturated heterocycles. The molecule has 4 rings (SSSR count). The molecule has 1 atom stereocenters. The lowest BCUT2D eigenvalue weighted by atomic mass is 9.93. The molecule has 1 aliphatic heterocycles. The van der Waals surface area contributed by atoms with E-state index in [0.29, 0.717) is 0 Å². The van der Waals surface area contributed by atoms with Crippen LogP contribution in [0.2, 0.25) is 5.02 Å². The van der Waals surface area contributed by atoms with Crippen molar-refractivity contribution in [3.05, 3.63) is 94.5 Å². The average molecular weight is 435 g/mol. The van der Waals surface area contributed by atoms with Crippen LogP contribution in [0.4, 0.5) is 0 Å². The van der Waals surface area contributed by atoms with Crippen molar-refractivity contribution in [2.24, 2.45) is 5.92 Å². The van der Waals surface area contributed by atoms with Crippen molar-refractivity contribution in [2.45, 2.75) is 32.4 Å². The average Bonchev–Trinajstić information content (AvgIpc) is 2.80. The number of benzene rings is 2. The maximum atomic E-state index is 13.2. The van der Waals surface area contributed by atoms with Gasteiger partial charge < -0.3 is 5.32 Å². The highest BCUT2D eigenvalue weighted by atomic mass is 35.5. The van der Waals surface area contributed by atoms with E-state index < -0.39 is 0 Å². The van der Waals surface area contributed by atoms with Crippen LogP contribution in [0.1, 0.15) is 41.3 Å². The monoisotopic (exact) mass is 434 g/mol. The minimum atomic E-state index is -0.297. The summed E-state index contributed by atoms with van der Waals surface area (Å²) in [5, 5.41) is 4.01. The number of carbonyl (C=O) groups excluding carboxylic acids is 1. The van der Waals surface area contributed by atoms with Gasteiger partial charge in [0.15, 0.2) is 0 Å². The SMILES string of the molecule is Cc1ccccc1C(NC(=O)C1CCN(Cc2ccc(Cl)cc2)CC1)c1cnccn1. The molecule has 2 aromatic carbocycles. The molecule has 0 aliphatic carbocycles. The van der Waals surface area contributed by atoms with Crippen molar-refractivity contribution in [1.82, 2.24) is 20.2 Å². The van der Waals surface area contributed by atoms with E-state index in [0.717, 1.165) is 54.3 Å². The predicted octanol–water partition coefficient (Wildman–Crippen LogP) is 4.56. The van der Waals surface area contributed by atoms with Gasteiger partial charge >= 0.3 is 0 Å². The largest absolute Gasteiger partial charge is 0.343 e. The number of piperidine rings is 1. The van der Waals surface area contributed by atoms with E-state index in [9.17, 15) is 4.79 Å². The third kappa shape index (κ3) is 5.49. The number of carbonyl (C=O) groups is 1. The van der Waals surface area contributed by atoms with E-state index in [-0.39, 0.29) is 17.9 Å². The lowest BCUT2D eigenvalue weighted by Gasteiger charge is -2.32. The van der Waals surface area contributed by atoms with E-state index in [1.807, 2.05) is 30.3 Å². The Morgan fingerprint density at radius 3 is 2.55 bits per heavy atom. The number of hydrogen-bond donors (Lipinski definition) is 1. The molecule has 31 heavy (non-hydrogen) atoms. The van der Waals surface area contributed by atoms with E-state index in [2.05, 4.69) is 45.3 Å². The highest BCUT2D eigenvalue weighted by Gasteiger charge is 2.28. The van der Waals surface area contributed by atoms with Gasteiger partial charge in [-0.05, 0) is 61.7 Å². The first-order valence-corrected chi connectivity index (χ1v) is 11.1. The minimum Gasteiger partial charge on any atom is -0.343 e. The van der Waals surface area contributed by atoms with Gasteiger partial charge in [-0.15, -0.1) is 0 Å². The summed E-state index contributed by atoms with van der Waals surface area (Å²) in [6.45, 7) is 4.75. The minimum absolute atomic E-state index is 0.00431. The number of aromatic nitrogens is 2. The molecule has 1 N–H and O–H groups in total. The molecule has 0 radical (unpaired) electrons. The topological polar surface area (TPSA) is 58.1 Å². The van der Waals surface area contributed by atoms with Crippen LogP contribution in [0.3, 0.4) is 0 Å². The lowest BCUT2D eigenvalue weighted by Crippen LogP contribution is -2.41. The zero-order chi connectivity index (χ0) is 21.6. The number of halogens is 1. The smallest absolute Gasteiger partial charge is 0.224 e. The number of aryl methyl sites for hydroxylation is 1. The zero-order valence-electron chi connectivity index (χ0n) is 17.7. The molecule has 1 aliphatic rings. The van der Waals surface area contributed by atoms with Crippen molar-refractivity contribution >= 4 is 17.5 Å². The lowest BCUT2D eigenvalue weighted by molar-refractivity contribution is -0.127. The number of rotatable bonds is 6. The van der Waals surface area contributed by atoms with Gasteiger partial charge in [-0.2, -0.15) is 0 Å². The maximum absolute atomic E-state index is 13.2. The van der Waals surface area contributed by atoms with Gasteiger partial charge in [0.1, 0.15) is 0 Å². The Hall–Kier alpha value is -2.76. The number of nitrogens with zero attached hydrogens (tertiary/aromatic N) is 3. The van der Waals surface area contributed by atoms with E-state index >= 15 is 0 Å². The van der Waals surface area contributed by atoms with Gasteiger partial charge in [0.25, 0.3) is 0 Å². The molecule has 1 aromatic heterocycles. The van der Waals surface area contributed by atoms with E-state index in [1.54, 1.807) is 18.6 Å². The third-order valence-electron chi connectivity index (χ3n) is 5.94. The summed E-state index contributed by atoms with van der Waals surface area (Å²) < 4.78 is 0. The molecule has 1 fully saturated rings. The van der Waals surface area contributed by atoms with Crippen molar-refractivity contribution in [1.29, 1.82) is 0 Å². The third-order valence-corrected chi connectivity index (χ3v) is 6.19. The molecule has 0 bridgehead atoms. The Balaban J connectivity index is 1.40. The van der Waals surface area contributed by atoms with Crippen LogP contribution in [-0.2, 0) is 11.3 Å². The second-order valence-corrected chi connectivity index (χ2v) is 8.54. The second kappa shape index (κ2) is 10.0. The summed E-state index contributed by atoms with van der Waals surface area (Å²) in [6, 6.07) is 15.8. The van der Waals surface area contributed by atoms with E-state index in [1.165, 1.54) is 5.56 Å². The van der Waals surface area contributed by atoms with Crippen LogP contribution in [0.15, 0.2) is 67.1 Å². The fourth-order valence-electron chi connectivity index (χ4n) is 4.14. The standard InChI is InChI=1S/C25H27ClN4O/c1-18-4-2-3-5-22(18)24(23-16-27-12-13-28-23)29-25(31)20-10-14-30(15-11-20)17-19-6-8-21(26)9-7-19/h2-9,12-13,16,20,24H,10-11,14-15,17H2,1H3,(H,29,31). The molecule has 0 spiro atoms. The fourth-order valence-corrected chi connectivity index (χ4v) is 4.27. The van der Waals surface area contributed by atoms with Crippen molar-refractivity contribution < 1.29 is 4.79 Å². The summed E-state index contributed by atoms with van der Waals surface area (Å²) in [7, 11) is 0. The molecule has 160 valence electrons.